The summed E-state index contributed by atoms with van der Waals surface area (Å²) in [5.41, 5.74) is -0.923. The van der Waals surface area contributed by atoms with Gasteiger partial charge in [0, 0.05) is 0 Å². The molecule has 0 atom stereocenters. The van der Waals surface area contributed by atoms with Crippen molar-refractivity contribution in [3.63, 3.8) is 0 Å². The smallest absolute Gasteiger partial charge is 0.361 e. The van der Waals surface area contributed by atoms with Gasteiger partial charge in [0.15, 0.2) is 0 Å². The Morgan fingerprint density at radius 2 is 2.00 bits per heavy atom. The van der Waals surface area contributed by atoms with E-state index in [9.17, 15) is 19.3 Å². The summed E-state index contributed by atoms with van der Waals surface area (Å²) in [6, 6.07) is 4.81. The lowest BCUT2D eigenvalue weighted by Crippen LogP contribution is -2.09. The van der Waals surface area contributed by atoms with Gasteiger partial charge in [-0.3, -0.25) is 10.1 Å². The van der Waals surface area contributed by atoms with E-state index >= 15 is 0 Å². The molecule has 98 valence electrons. The zero-order valence-corrected chi connectivity index (χ0v) is 9.70. The number of carboxylic acids is 1. The summed E-state index contributed by atoms with van der Waals surface area (Å²) >= 11 is 0. The minimum atomic E-state index is -1.48. The van der Waals surface area contributed by atoms with Gasteiger partial charge in [-0.05, 0) is 31.2 Å². The molecule has 0 fully saturated rings. The van der Waals surface area contributed by atoms with E-state index in [1.54, 1.807) is 0 Å². The van der Waals surface area contributed by atoms with Gasteiger partial charge in [-0.15, -0.1) is 0 Å². The number of nitro groups is 1. The normalized spacial score (nSPS) is 10.4. The molecule has 19 heavy (non-hydrogen) atoms. The Bertz CT molecular complexity index is 663. The first-order valence-electron chi connectivity index (χ1n) is 5.15. The minimum absolute atomic E-state index is 0.0216. The molecule has 0 bridgehead atoms. The van der Waals surface area contributed by atoms with Crippen LogP contribution in [0.5, 0.6) is 0 Å². The summed E-state index contributed by atoms with van der Waals surface area (Å²) in [5, 5.41) is 23.8. The maximum Gasteiger partial charge on any atom is 0.361 e. The van der Waals surface area contributed by atoms with Crippen molar-refractivity contribution in [2.24, 2.45) is 0 Å². The Morgan fingerprint density at radius 3 is 2.47 bits per heavy atom. The van der Waals surface area contributed by atoms with Gasteiger partial charge in [-0.25, -0.2) is 13.9 Å². The fourth-order valence-electron chi connectivity index (χ4n) is 1.70. The molecule has 1 aromatic carbocycles. The van der Waals surface area contributed by atoms with Crippen molar-refractivity contribution in [1.82, 2.24) is 9.78 Å². The molecule has 0 saturated heterocycles. The number of benzene rings is 1. The Hall–Kier alpha value is -2.77. The number of carboxylic acid groups (broad SMARTS) is 1. The molecular formula is C11H8FN3O4. The highest BCUT2D eigenvalue weighted by Gasteiger charge is 2.30. The molecule has 0 radical (unpaired) electrons. The van der Waals surface area contributed by atoms with Crippen LogP contribution in [0.15, 0.2) is 24.3 Å². The van der Waals surface area contributed by atoms with Crippen LogP contribution in [0.1, 0.15) is 16.2 Å². The number of rotatable bonds is 3. The van der Waals surface area contributed by atoms with Crippen LogP contribution in [0, 0.1) is 22.9 Å². The third-order valence-electron chi connectivity index (χ3n) is 2.49. The molecule has 2 rings (SSSR count). The summed E-state index contributed by atoms with van der Waals surface area (Å²) in [7, 11) is 0. The number of hydrogen-bond acceptors (Lipinski definition) is 4. The van der Waals surface area contributed by atoms with Crippen molar-refractivity contribution in [1.29, 1.82) is 0 Å². The van der Waals surface area contributed by atoms with Crippen LogP contribution >= 0.6 is 0 Å². The topological polar surface area (TPSA) is 98.3 Å². The number of aromatic nitrogens is 2. The lowest BCUT2D eigenvalue weighted by Gasteiger charge is -2.03. The van der Waals surface area contributed by atoms with Crippen LogP contribution in [-0.4, -0.2) is 25.8 Å². The summed E-state index contributed by atoms with van der Waals surface area (Å²) in [6.07, 6.45) is 0. The Kier molecular flexibility index (Phi) is 2.99. The molecule has 0 amide bonds. The fourth-order valence-corrected chi connectivity index (χ4v) is 1.70. The van der Waals surface area contributed by atoms with E-state index in [1.807, 2.05) is 0 Å². The van der Waals surface area contributed by atoms with Crippen LogP contribution < -0.4 is 0 Å². The number of halogens is 1. The minimum Gasteiger partial charge on any atom is -0.476 e. The summed E-state index contributed by atoms with van der Waals surface area (Å²) < 4.78 is 13.7. The van der Waals surface area contributed by atoms with Gasteiger partial charge in [0.2, 0.25) is 5.69 Å². The zero-order valence-electron chi connectivity index (χ0n) is 9.70. The Labute approximate surface area is 106 Å². The second kappa shape index (κ2) is 4.48. The molecule has 1 N–H and O–H groups in total. The summed E-state index contributed by atoms with van der Waals surface area (Å²) in [5.74, 6) is -1.98. The molecule has 0 aliphatic rings. The van der Waals surface area contributed by atoms with Gasteiger partial charge in [0.25, 0.3) is 0 Å². The number of nitrogens with zero attached hydrogens (tertiary/aromatic N) is 3. The van der Waals surface area contributed by atoms with E-state index in [-0.39, 0.29) is 11.4 Å². The Balaban J connectivity index is 2.70. The van der Waals surface area contributed by atoms with Crippen LogP contribution in [0.25, 0.3) is 5.69 Å². The molecule has 0 unspecified atom stereocenters. The quantitative estimate of drug-likeness (QED) is 0.675. The molecule has 0 aliphatic carbocycles. The maximum atomic E-state index is 12.8. The molecule has 8 heteroatoms. The standard InChI is InChI=1S/C11H8FN3O4/c1-6-9(15(18)19)10(11(16)17)14(13-6)8-4-2-7(12)3-5-8/h2-5H,1H3,(H,16,17). The fraction of sp³-hybridized carbons (Fsp3) is 0.0909. The van der Waals surface area contributed by atoms with Gasteiger partial charge >= 0.3 is 11.7 Å². The van der Waals surface area contributed by atoms with E-state index in [2.05, 4.69) is 5.10 Å². The molecule has 7 nitrogen and oxygen atoms in total. The number of carbonyl (C=O) groups is 1. The number of aromatic carboxylic acids is 1. The van der Waals surface area contributed by atoms with Crippen molar-refractivity contribution in [2.75, 3.05) is 0 Å². The van der Waals surface area contributed by atoms with Crippen LogP contribution in [0.3, 0.4) is 0 Å². The number of hydrogen-bond donors (Lipinski definition) is 1. The maximum absolute atomic E-state index is 12.8. The third kappa shape index (κ3) is 2.15. The lowest BCUT2D eigenvalue weighted by molar-refractivity contribution is -0.385. The predicted octanol–water partition coefficient (Wildman–Crippen LogP) is 1.93. The monoisotopic (exact) mass is 265 g/mol. The predicted molar refractivity (Wildman–Crippen MR) is 61.9 cm³/mol. The highest BCUT2D eigenvalue weighted by Crippen LogP contribution is 2.25. The van der Waals surface area contributed by atoms with Crippen molar-refractivity contribution in [3.05, 3.63) is 51.6 Å². The van der Waals surface area contributed by atoms with Crippen LogP contribution in [-0.2, 0) is 0 Å². The first kappa shape index (κ1) is 12.7. The average Bonchev–Trinajstić information content (AvgIpc) is 2.68. The Morgan fingerprint density at radius 1 is 1.42 bits per heavy atom. The summed E-state index contributed by atoms with van der Waals surface area (Å²) in [4.78, 5) is 21.2. The molecule has 0 aliphatic heterocycles. The molecule has 0 spiro atoms. The second-order valence-electron chi connectivity index (χ2n) is 3.73. The highest BCUT2D eigenvalue weighted by atomic mass is 19.1. The van der Waals surface area contributed by atoms with E-state index < -0.39 is 28.1 Å². The van der Waals surface area contributed by atoms with Gasteiger partial charge in [-0.2, -0.15) is 5.10 Å². The lowest BCUT2D eigenvalue weighted by atomic mass is 10.2. The SMILES string of the molecule is Cc1nn(-c2ccc(F)cc2)c(C(=O)O)c1[N+](=O)[O-]. The first-order valence-corrected chi connectivity index (χ1v) is 5.15. The molecule has 0 saturated carbocycles. The highest BCUT2D eigenvalue weighted by molar-refractivity contribution is 5.91. The summed E-state index contributed by atoms with van der Waals surface area (Å²) in [6.45, 7) is 1.34. The molecule has 1 aromatic heterocycles. The van der Waals surface area contributed by atoms with Crippen molar-refractivity contribution < 1.29 is 19.2 Å². The zero-order chi connectivity index (χ0) is 14.2. The third-order valence-corrected chi connectivity index (χ3v) is 2.49. The van der Waals surface area contributed by atoms with E-state index in [0.29, 0.717) is 0 Å². The van der Waals surface area contributed by atoms with E-state index in [0.717, 1.165) is 16.8 Å². The van der Waals surface area contributed by atoms with Gasteiger partial charge < -0.3 is 5.11 Å². The van der Waals surface area contributed by atoms with Crippen molar-refractivity contribution in [3.8, 4) is 5.69 Å². The largest absolute Gasteiger partial charge is 0.476 e. The van der Waals surface area contributed by atoms with Gasteiger partial charge in [-0.1, -0.05) is 0 Å². The molecule has 1 heterocycles. The van der Waals surface area contributed by atoms with E-state index in [1.165, 1.54) is 19.1 Å². The van der Waals surface area contributed by atoms with Gasteiger partial charge in [0.1, 0.15) is 11.5 Å². The van der Waals surface area contributed by atoms with Crippen molar-refractivity contribution >= 4 is 11.7 Å². The molecular weight excluding hydrogens is 257 g/mol. The number of aryl methyl sites for hydroxylation is 1. The van der Waals surface area contributed by atoms with Gasteiger partial charge in [0.05, 0.1) is 10.6 Å². The first-order chi connectivity index (χ1) is 8.91. The van der Waals surface area contributed by atoms with Crippen molar-refractivity contribution in [2.45, 2.75) is 6.92 Å². The molecule has 2 aromatic rings. The van der Waals surface area contributed by atoms with Crippen LogP contribution in [0.4, 0.5) is 10.1 Å². The van der Waals surface area contributed by atoms with E-state index in [4.69, 9.17) is 5.11 Å². The second-order valence-corrected chi connectivity index (χ2v) is 3.73. The average molecular weight is 265 g/mol. The van der Waals surface area contributed by atoms with Crippen LogP contribution in [0.2, 0.25) is 0 Å².